The molecule has 0 atom stereocenters. The lowest BCUT2D eigenvalue weighted by Gasteiger charge is -2.29. The van der Waals surface area contributed by atoms with E-state index in [1.807, 2.05) is 0 Å². The van der Waals surface area contributed by atoms with E-state index >= 15 is 0 Å². The van der Waals surface area contributed by atoms with Gasteiger partial charge in [-0.3, -0.25) is 4.58 Å². The predicted molar refractivity (Wildman–Crippen MR) is 77.9 cm³/mol. The Labute approximate surface area is 113 Å². The van der Waals surface area contributed by atoms with E-state index in [4.69, 9.17) is 0 Å². The van der Waals surface area contributed by atoms with Crippen molar-refractivity contribution >= 4 is 11.5 Å². The fourth-order valence-electron chi connectivity index (χ4n) is 3.33. The standard InChI is InChI=1S/C17H17N2/c1-18-16-9-5-3-7-14(16)12-19-11-10-13-6-2-4-8-15(13)17(18)19/h2-9H,10-12H2,1H3/q+1. The Hall–Kier alpha value is -2.09. The Kier molecular flexibility index (Phi) is 2.25. The van der Waals surface area contributed by atoms with Crippen molar-refractivity contribution in [1.29, 1.82) is 0 Å². The molecule has 0 aliphatic carbocycles. The second-order valence-electron chi connectivity index (χ2n) is 5.34. The van der Waals surface area contributed by atoms with Crippen molar-refractivity contribution in [3.8, 4) is 0 Å². The Morgan fingerprint density at radius 2 is 1.68 bits per heavy atom. The Balaban J connectivity index is 1.92. The van der Waals surface area contributed by atoms with Crippen LogP contribution >= 0.6 is 0 Å². The molecule has 19 heavy (non-hydrogen) atoms. The molecular weight excluding hydrogens is 232 g/mol. The average molecular weight is 249 g/mol. The zero-order chi connectivity index (χ0) is 12.8. The highest BCUT2D eigenvalue weighted by atomic mass is 15.3. The quantitative estimate of drug-likeness (QED) is 0.651. The van der Waals surface area contributed by atoms with Crippen LogP contribution in [0.4, 0.5) is 5.69 Å². The first-order chi connectivity index (χ1) is 9.34. The molecule has 0 N–H and O–H groups in total. The number of anilines is 1. The molecule has 2 aliphatic rings. The topological polar surface area (TPSA) is 6.25 Å². The zero-order valence-corrected chi connectivity index (χ0v) is 11.1. The number of fused-ring (bicyclic) bond motifs is 3. The van der Waals surface area contributed by atoms with Gasteiger partial charge >= 0.3 is 0 Å². The third-order valence-corrected chi connectivity index (χ3v) is 4.24. The van der Waals surface area contributed by atoms with Crippen LogP contribution in [0.15, 0.2) is 48.5 Å². The van der Waals surface area contributed by atoms with Crippen LogP contribution in [0.1, 0.15) is 16.7 Å². The van der Waals surface area contributed by atoms with Gasteiger partial charge in [-0.2, -0.15) is 0 Å². The molecule has 0 bridgehead atoms. The van der Waals surface area contributed by atoms with Gasteiger partial charge in [-0.05, 0) is 17.7 Å². The van der Waals surface area contributed by atoms with Crippen LogP contribution in [0.2, 0.25) is 0 Å². The Morgan fingerprint density at radius 1 is 0.947 bits per heavy atom. The van der Waals surface area contributed by atoms with Crippen LogP contribution in [-0.4, -0.2) is 24.0 Å². The molecule has 2 aromatic rings. The molecule has 2 heteroatoms. The van der Waals surface area contributed by atoms with Crippen molar-refractivity contribution in [1.82, 2.24) is 0 Å². The molecule has 94 valence electrons. The minimum Gasteiger partial charge on any atom is -0.256 e. The lowest BCUT2D eigenvalue weighted by atomic mass is 9.97. The number of hydrogen-bond donors (Lipinski definition) is 0. The molecule has 2 aliphatic heterocycles. The van der Waals surface area contributed by atoms with E-state index in [-0.39, 0.29) is 0 Å². The summed E-state index contributed by atoms with van der Waals surface area (Å²) in [5.74, 6) is 1.36. The Bertz CT molecular complexity index is 685. The number of rotatable bonds is 0. The third kappa shape index (κ3) is 1.53. The third-order valence-electron chi connectivity index (χ3n) is 4.24. The second-order valence-corrected chi connectivity index (χ2v) is 5.34. The number of para-hydroxylation sites is 1. The molecular formula is C17H17N2+. The van der Waals surface area contributed by atoms with Gasteiger partial charge in [0, 0.05) is 12.0 Å². The molecule has 0 spiro atoms. The number of amidine groups is 1. The van der Waals surface area contributed by atoms with Crippen molar-refractivity contribution in [2.24, 2.45) is 0 Å². The van der Waals surface area contributed by atoms with Crippen LogP contribution < -0.4 is 4.90 Å². The monoisotopic (exact) mass is 249 g/mol. The van der Waals surface area contributed by atoms with Gasteiger partial charge in [0.1, 0.15) is 12.2 Å². The summed E-state index contributed by atoms with van der Waals surface area (Å²) in [5, 5.41) is 0. The summed E-state index contributed by atoms with van der Waals surface area (Å²) in [6.45, 7) is 2.15. The van der Waals surface area contributed by atoms with Crippen LogP contribution in [0.3, 0.4) is 0 Å². The summed E-state index contributed by atoms with van der Waals surface area (Å²) in [6.07, 6.45) is 1.15. The molecule has 0 amide bonds. The fraction of sp³-hybridized carbons (Fsp3) is 0.235. The minimum absolute atomic E-state index is 1.03. The van der Waals surface area contributed by atoms with Gasteiger partial charge in [0.25, 0.3) is 5.84 Å². The van der Waals surface area contributed by atoms with Crippen molar-refractivity contribution < 1.29 is 4.58 Å². The molecule has 0 aromatic heterocycles. The summed E-state index contributed by atoms with van der Waals surface area (Å²) < 4.78 is 2.50. The largest absolute Gasteiger partial charge is 0.284 e. The van der Waals surface area contributed by atoms with Crippen LogP contribution in [0, 0.1) is 0 Å². The van der Waals surface area contributed by atoms with E-state index < -0.39 is 0 Å². The number of benzene rings is 2. The van der Waals surface area contributed by atoms with E-state index in [0.29, 0.717) is 0 Å². The van der Waals surface area contributed by atoms with Gasteiger partial charge in [-0.25, -0.2) is 4.90 Å². The Morgan fingerprint density at radius 3 is 2.58 bits per heavy atom. The molecule has 4 rings (SSSR count). The van der Waals surface area contributed by atoms with Gasteiger partial charge in [0.2, 0.25) is 0 Å². The van der Waals surface area contributed by atoms with E-state index in [1.165, 1.54) is 28.2 Å². The SMILES string of the molecule is CN1C2=[N+](CCc3ccccc32)Cc2ccccc21. The summed E-state index contributed by atoms with van der Waals surface area (Å²) >= 11 is 0. The molecule has 0 fully saturated rings. The van der Waals surface area contributed by atoms with E-state index in [1.54, 1.807) is 0 Å². The molecule has 0 saturated heterocycles. The fourth-order valence-corrected chi connectivity index (χ4v) is 3.33. The van der Waals surface area contributed by atoms with E-state index in [2.05, 4.69) is 65.1 Å². The van der Waals surface area contributed by atoms with E-state index in [9.17, 15) is 0 Å². The molecule has 2 aromatic carbocycles. The summed E-state index contributed by atoms with van der Waals surface area (Å²) in [7, 11) is 2.18. The van der Waals surface area contributed by atoms with Gasteiger partial charge in [0.05, 0.1) is 19.2 Å². The highest BCUT2D eigenvalue weighted by Gasteiger charge is 2.34. The lowest BCUT2D eigenvalue weighted by molar-refractivity contribution is -0.546. The summed E-state index contributed by atoms with van der Waals surface area (Å²) in [6, 6.07) is 17.5. The van der Waals surface area contributed by atoms with Crippen molar-refractivity contribution in [3.63, 3.8) is 0 Å². The summed E-state index contributed by atoms with van der Waals surface area (Å²) in [4.78, 5) is 2.34. The van der Waals surface area contributed by atoms with Gasteiger partial charge < -0.3 is 0 Å². The maximum atomic E-state index is 2.50. The summed E-state index contributed by atoms with van der Waals surface area (Å²) in [5.41, 5.74) is 5.63. The van der Waals surface area contributed by atoms with Crippen LogP contribution in [0.25, 0.3) is 0 Å². The average Bonchev–Trinajstić information content (AvgIpc) is 2.47. The normalized spacial score (nSPS) is 16.8. The van der Waals surface area contributed by atoms with E-state index in [0.717, 1.165) is 19.5 Å². The maximum Gasteiger partial charge on any atom is 0.284 e. The van der Waals surface area contributed by atoms with Gasteiger partial charge in [-0.15, -0.1) is 0 Å². The van der Waals surface area contributed by atoms with Crippen LogP contribution in [0.5, 0.6) is 0 Å². The highest BCUT2D eigenvalue weighted by molar-refractivity contribution is 6.08. The second kappa shape index (κ2) is 3.95. The molecule has 0 saturated carbocycles. The van der Waals surface area contributed by atoms with Crippen molar-refractivity contribution in [3.05, 3.63) is 65.2 Å². The smallest absolute Gasteiger partial charge is 0.256 e. The van der Waals surface area contributed by atoms with Crippen LogP contribution in [-0.2, 0) is 13.0 Å². The van der Waals surface area contributed by atoms with Crippen molar-refractivity contribution in [2.45, 2.75) is 13.0 Å². The molecule has 0 unspecified atom stereocenters. The first-order valence-electron chi connectivity index (χ1n) is 6.86. The highest BCUT2D eigenvalue weighted by Crippen LogP contribution is 2.29. The maximum absolute atomic E-state index is 2.50. The number of nitrogens with zero attached hydrogens (tertiary/aromatic N) is 2. The van der Waals surface area contributed by atoms with Gasteiger partial charge in [-0.1, -0.05) is 36.4 Å². The molecule has 2 heterocycles. The zero-order valence-electron chi connectivity index (χ0n) is 11.1. The van der Waals surface area contributed by atoms with Gasteiger partial charge in [0.15, 0.2) is 0 Å². The van der Waals surface area contributed by atoms with Crippen molar-refractivity contribution in [2.75, 3.05) is 18.5 Å². The first kappa shape index (κ1) is 10.8. The lowest BCUT2D eigenvalue weighted by Crippen LogP contribution is -2.44. The first-order valence-corrected chi connectivity index (χ1v) is 6.86. The number of hydrogen-bond acceptors (Lipinski definition) is 1. The minimum atomic E-state index is 1.03. The predicted octanol–water partition coefficient (Wildman–Crippen LogP) is 2.65. The molecule has 0 radical (unpaired) electrons. The molecule has 2 nitrogen and oxygen atoms in total.